The topological polar surface area (TPSA) is 84.2 Å². The Labute approximate surface area is 204 Å². The average molecular weight is 503 g/mol. The van der Waals surface area contributed by atoms with Crippen molar-refractivity contribution < 1.29 is 32.3 Å². The quantitative estimate of drug-likeness (QED) is 0.368. The highest BCUT2D eigenvalue weighted by Crippen LogP contribution is 2.50. The largest absolute Gasteiger partial charge is 0.478 e. The number of carboxylic acid groups (broad SMARTS) is 1. The second kappa shape index (κ2) is 9.07. The van der Waals surface area contributed by atoms with Gasteiger partial charge in [0.15, 0.2) is 0 Å². The third-order valence-corrected chi connectivity index (χ3v) is 6.75. The van der Waals surface area contributed by atoms with Crippen LogP contribution in [0.3, 0.4) is 0 Å². The second-order valence-electron chi connectivity index (χ2n) is 9.22. The number of hydrogen-bond acceptors (Lipinski definition) is 3. The van der Waals surface area contributed by atoms with E-state index in [0.717, 1.165) is 18.6 Å². The monoisotopic (exact) mass is 503 g/mol. The van der Waals surface area contributed by atoms with E-state index in [0.29, 0.717) is 22.8 Å². The van der Waals surface area contributed by atoms with E-state index in [1.165, 1.54) is 6.07 Å². The molecule has 1 aliphatic carbocycles. The van der Waals surface area contributed by atoms with Crippen LogP contribution in [0.15, 0.2) is 42.7 Å². The van der Waals surface area contributed by atoms with Crippen LogP contribution >= 0.6 is 0 Å². The number of hydrogen-bond donors (Lipinski definition) is 2. The van der Waals surface area contributed by atoms with Crippen LogP contribution in [0.1, 0.15) is 66.2 Å². The van der Waals surface area contributed by atoms with Crippen molar-refractivity contribution >= 4 is 17.6 Å². The third kappa shape index (κ3) is 4.59. The summed E-state index contributed by atoms with van der Waals surface area (Å²) < 4.78 is 55.1. The molecule has 2 N–H and O–H groups in total. The fourth-order valence-electron chi connectivity index (χ4n) is 4.38. The average Bonchev–Trinajstić information content (AvgIpc) is 3.47. The lowest BCUT2D eigenvalue weighted by atomic mass is 9.92. The maximum Gasteiger partial charge on any atom is 0.416 e. The molecule has 1 atom stereocenters. The molecule has 0 aliphatic heterocycles. The molecule has 0 radical (unpaired) electrons. The molecule has 0 unspecified atom stereocenters. The summed E-state index contributed by atoms with van der Waals surface area (Å²) in [6.45, 7) is 5.72. The van der Waals surface area contributed by atoms with Crippen LogP contribution in [0.2, 0.25) is 0 Å². The number of nitrogens with zero attached hydrogens (tertiary/aromatic N) is 2. The minimum Gasteiger partial charge on any atom is -0.478 e. The molecule has 10 heteroatoms. The van der Waals surface area contributed by atoms with E-state index in [1.54, 1.807) is 30.1 Å². The van der Waals surface area contributed by atoms with Gasteiger partial charge < -0.3 is 10.4 Å². The van der Waals surface area contributed by atoms with E-state index in [2.05, 4.69) is 10.4 Å². The molecule has 0 bridgehead atoms. The van der Waals surface area contributed by atoms with Crippen LogP contribution in [-0.2, 0) is 16.4 Å². The molecule has 1 aromatic heterocycles. The number of aryl methyl sites for hydroxylation is 1. The Morgan fingerprint density at radius 1 is 1.22 bits per heavy atom. The van der Waals surface area contributed by atoms with E-state index in [4.69, 9.17) is 0 Å². The van der Waals surface area contributed by atoms with Gasteiger partial charge in [-0.05, 0) is 62.9 Å². The van der Waals surface area contributed by atoms with Gasteiger partial charge in [-0.1, -0.05) is 13.0 Å². The van der Waals surface area contributed by atoms with Gasteiger partial charge in [0, 0.05) is 34.6 Å². The van der Waals surface area contributed by atoms with E-state index in [1.807, 2.05) is 13.8 Å². The lowest BCUT2D eigenvalue weighted by Crippen LogP contribution is -2.29. The summed E-state index contributed by atoms with van der Waals surface area (Å²) in [6.07, 6.45) is 0.0329. The van der Waals surface area contributed by atoms with Crippen molar-refractivity contribution in [3.63, 3.8) is 0 Å². The van der Waals surface area contributed by atoms with Crippen LogP contribution < -0.4 is 5.32 Å². The van der Waals surface area contributed by atoms with Crippen LogP contribution in [-0.4, -0.2) is 26.8 Å². The molecule has 1 fully saturated rings. The van der Waals surface area contributed by atoms with Gasteiger partial charge in [0.2, 0.25) is 5.91 Å². The van der Waals surface area contributed by atoms with Crippen LogP contribution in [0, 0.1) is 12.7 Å². The summed E-state index contributed by atoms with van der Waals surface area (Å²) in [5.41, 5.74) is -0.725. The first-order valence-electron chi connectivity index (χ1n) is 11.5. The Hall–Kier alpha value is -3.69. The molecule has 36 heavy (non-hydrogen) atoms. The summed E-state index contributed by atoms with van der Waals surface area (Å²) in [5, 5.41) is 16.8. The van der Waals surface area contributed by atoms with Gasteiger partial charge in [-0.25, -0.2) is 9.18 Å². The Bertz CT molecular complexity index is 1340. The smallest absolute Gasteiger partial charge is 0.416 e. The lowest BCUT2D eigenvalue weighted by Gasteiger charge is -2.19. The summed E-state index contributed by atoms with van der Waals surface area (Å²) in [7, 11) is 0. The Morgan fingerprint density at radius 3 is 2.47 bits per heavy atom. The summed E-state index contributed by atoms with van der Waals surface area (Å²) in [6, 6.07) is 5.21. The number of alkyl halides is 3. The second-order valence-corrected chi connectivity index (χ2v) is 9.22. The minimum absolute atomic E-state index is 0.0421. The van der Waals surface area contributed by atoms with Crippen LogP contribution in [0.4, 0.5) is 23.2 Å². The molecular formula is C26H25F4N3O3. The number of aromatic carboxylic acids is 1. The molecule has 2 aromatic carbocycles. The number of halogens is 4. The zero-order chi connectivity index (χ0) is 26.4. The van der Waals surface area contributed by atoms with E-state index in [-0.39, 0.29) is 35.7 Å². The van der Waals surface area contributed by atoms with Crippen molar-refractivity contribution in [2.45, 2.75) is 57.7 Å². The van der Waals surface area contributed by atoms with Gasteiger partial charge in [0.1, 0.15) is 5.82 Å². The number of benzene rings is 2. The molecule has 3 aromatic rings. The Balaban J connectivity index is 1.65. The third-order valence-electron chi connectivity index (χ3n) is 6.75. The molecule has 1 amide bonds. The normalized spacial score (nSPS) is 15.4. The fraction of sp³-hybridized carbons (Fsp3) is 0.346. The molecule has 4 rings (SSSR count). The SMILES string of the molecule is CC[C@@H](C)n1cc(-c2c(C)cc(NC(=O)C3(c4ccc(C(F)(F)F)cc4F)CC3)cc2C(=O)O)cn1. The first-order chi connectivity index (χ1) is 16.9. The Morgan fingerprint density at radius 2 is 1.92 bits per heavy atom. The molecule has 1 saturated carbocycles. The van der Waals surface area contributed by atoms with Gasteiger partial charge in [0.05, 0.1) is 22.7 Å². The molecule has 6 nitrogen and oxygen atoms in total. The van der Waals surface area contributed by atoms with E-state index < -0.39 is 34.8 Å². The number of amides is 1. The number of rotatable bonds is 7. The fourth-order valence-corrected chi connectivity index (χ4v) is 4.38. The number of nitrogens with one attached hydrogen (secondary N) is 1. The molecule has 0 spiro atoms. The summed E-state index contributed by atoms with van der Waals surface area (Å²) >= 11 is 0. The van der Waals surface area contributed by atoms with Gasteiger partial charge in [-0.3, -0.25) is 9.48 Å². The van der Waals surface area contributed by atoms with Gasteiger partial charge in [0.25, 0.3) is 0 Å². The highest BCUT2D eigenvalue weighted by atomic mass is 19.4. The highest BCUT2D eigenvalue weighted by Gasteiger charge is 2.53. The molecule has 0 saturated heterocycles. The van der Waals surface area contributed by atoms with Gasteiger partial charge in [-0.2, -0.15) is 18.3 Å². The summed E-state index contributed by atoms with van der Waals surface area (Å²) in [5.74, 6) is -2.90. The zero-order valence-electron chi connectivity index (χ0n) is 19.9. The molecular weight excluding hydrogens is 478 g/mol. The maximum atomic E-state index is 14.6. The molecule has 190 valence electrons. The molecule has 1 aliphatic rings. The van der Waals surface area contributed by atoms with Crippen molar-refractivity contribution in [1.82, 2.24) is 9.78 Å². The molecule has 1 heterocycles. The van der Waals surface area contributed by atoms with Crippen molar-refractivity contribution in [3.05, 3.63) is 70.8 Å². The number of anilines is 1. The first kappa shape index (κ1) is 25.4. The van der Waals surface area contributed by atoms with E-state index >= 15 is 0 Å². The minimum atomic E-state index is -4.70. The van der Waals surface area contributed by atoms with Crippen molar-refractivity contribution in [3.8, 4) is 11.1 Å². The predicted molar refractivity (Wildman–Crippen MR) is 125 cm³/mol. The van der Waals surface area contributed by atoms with Crippen LogP contribution in [0.25, 0.3) is 11.1 Å². The number of carboxylic acids is 1. The number of carbonyl (C=O) groups is 2. The van der Waals surface area contributed by atoms with Gasteiger partial charge >= 0.3 is 12.1 Å². The standard InChI is InChI=1S/C26H25F4N3O3/c1-4-15(3)33-13-16(12-31-33)22-14(2)9-18(11-19(22)23(34)35)32-24(36)25(7-8-25)20-6-5-17(10-21(20)27)26(28,29)30/h5-6,9-13,15H,4,7-8H2,1-3H3,(H,32,36)(H,34,35)/t15-/m1/s1. The summed E-state index contributed by atoms with van der Waals surface area (Å²) in [4.78, 5) is 25.2. The van der Waals surface area contributed by atoms with Crippen LogP contribution in [0.5, 0.6) is 0 Å². The maximum absolute atomic E-state index is 14.6. The number of aromatic nitrogens is 2. The predicted octanol–water partition coefficient (Wildman–Crippen LogP) is 6.36. The van der Waals surface area contributed by atoms with Crippen molar-refractivity contribution in [1.29, 1.82) is 0 Å². The van der Waals surface area contributed by atoms with Crippen molar-refractivity contribution in [2.75, 3.05) is 5.32 Å². The lowest BCUT2D eigenvalue weighted by molar-refractivity contribution is -0.137. The van der Waals surface area contributed by atoms with Gasteiger partial charge in [-0.15, -0.1) is 0 Å². The van der Waals surface area contributed by atoms with E-state index in [9.17, 15) is 32.3 Å². The highest BCUT2D eigenvalue weighted by molar-refractivity contribution is 6.04. The van der Waals surface area contributed by atoms with Crippen molar-refractivity contribution in [2.24, 2.45) is 0 Å². The Kier molecular flexibility index (Phi) is 6.40. The number of carbonyl (C=O) groups excluding carboxylic acids is 1. The first-order valence-corrected chi connectivity index (χ1v) is 11.5. The zero-order valence-corrected chi connectivity index (χ0v) is 19.9.